The monoisotopic (exact) mass is 188 g/mol. The third-order valence-corrected chi connectivity index (χ3v) is 1.90. The van der Waals surface area contributed by atoms with Gasteiger partial charge in [-0.15, -0.1) is 0 Å². The summed E-state index contributed by atoms with van der Waals surface area (Å²) in [4.78, 5) is 2.30. The van der Waals surface area contributed by atoms with Crippen LogP contribution in [0.2, 0.25) is 0 Å². The van der Waals surface area contributed by atoms with Gasteiger partial charge in [0.05, 0.1) is 13.2 Å². The summed E-state index contributed by atoms with van der Waals surface area (Å²) in [6.07, 6.45) is 1.22. The van der Waals surface area contributed by atoms with Crippen LogP contribution >= 0.6 is 0 Å². The molecule has 0 aliphatic carbocycles. The van der Waals surface area contributed by atoms with E-state index in [2.05, 4.69) is 31.1 Å². The first-order chi connectivity index (χ1) is 6.31. The van der Waals surface area contributed by atoms with E-state index in [9.17, 15) is 0 Å². The van der Waals surface area contributed by atoms with E-state index in [4.69, 9.17) is 4.74 Å². The average molecular weight is 188 g/mol. The molecule has 0 spiro atoms. The first kappa shape index (κ1) is 12.9. The molecule has 0 heterocycles. The predicted molar refractivity (Wildman–Crippen MR) is 57.2 cm³/mol. The van der Waals surface area contributed by atoms with Gasteiger partial charge in [0.1, 0.15) is 0 Å². The van der Waals surface area contributed by atoms with Gasteiger partial charge >= 0.3 is 0 Å². The highest BCUT2D eigenvalue weighted by Crippen LogP contribution is 1.85. The molecular formula is C10H24N2O. The quantitative estimate of drug-likeness (QED) is 0.545. The minimum absolute atomic E-state index is 0.827. The Morgan fingerprint density at radius 3 is 2.54 bits per heavy atom. The molecular weight excluding hydrogens is 164 g/mol. The van der Waals surface area contributed by atoms with Gasteiger partial charge < -0.3 is 15.0 Å². The minimum Gasteiger partial charge on any atom is -0.379 e. The van der Waals surface area contributed by atoms with Crippen LogP contribution in [0.5, 0.6) is 0 Å². The van der Waals surface area contributed by atoms with Crippen molar-refractivity contribution in [3.05, 3.63) is 0 Å². The summed E-state index contributed by atoms with van der Waals surface area (Å²) in [5.41, 5.74) is 0. The second-order valence-corrected chi connectivity index (χ2v) is 3.27. The first-order valence-corrected chi connectivity index (χ1v) is 5.28. The molecule has 0 aliphatic rings. The second kappa shape index (κ2) is 9.96. The van der Waals surface area contributed by atoms with Crippen LogP contribution in [0.3, 0.4) is 0 Å². The number of hydrogen-bond donors (Lipinski definition) is 1. The summed E-state index contributed by atoms with van der Waals surface area (Å²) in [6.45, 7) is 10.2. The van der Waals surface area contributed by atoms with Gasteiger partial charge in [-0.25, -0.2) is 0 Å². The van der Waals surface area contributed by atoms with E-state index in [0.717, 1.165) is 39.4 Å². The van der Waals surface area contributed by atoms with Gasteiger partial charge in [0.15, 0.2) is 0 Å². The van der Waals surface area contributed by atoms with Crippen LogP contribution in [0.4, 0.5) is 0 Å². The van der Waals surface area contributed by atoms with E-state index in [0.29, 0.717) is 0 Å². The summed E-state index contributed by atoms with van der Waals surface area (Å²) in [5.74, 6) is 0. The van der Waals surface area contributed by atoms with E-state index in [1.807, 2.05) is 0 Å². The zero-order valence-electron chi connectivity index (χ0n) is 9.31. The van der Waals surface area contributed by atoms with Gasteiger partial charge in [-0.1, -0.05) is 13.8 Å². The lowest BCUT2D eigenvalue weighted by molar-refractivity contribution is 0.113. The Morgan fingerprint density at radius 2 is 1.92 bits per heavy atom. The van der Waals surface area contributed by atoms with Gasteiger partial charge in [0, 0.05) is 13.1 Å². The van der Waals surface area contributed by atoms with E-state index in [1.54, 1.807) is 0 Å². The first-order valence-electron chi connectivity index (χ1n) is 5.28. The standard InChI is InChI=1S/C10H24N2O/c1-4-7-12(3)8-10-13-9-6-11-5-2/h11H,4-10H2,1-3H3. The average Bonchev–Trinajstić information content (AvgIpc) is 2.11. The maximum Gasteiger partial charge on any atom is 0.0593 e. The maximum absolute atomic E-state index is 5.45. The van der Waals surface area contributed by atoms with Crippen molar-refractivity contribution in [2.45, 2.75) is 20.3 Å². The summed E-state index contributed by atoms with van der Waals surface area (Å²) in [5, 5.41) is 3.22. The van der Waals surface area contributed by atoms with Crippen molar-refractivity contribution in [3.8, 4) is 0 Å². The molecule has 0 aromatic carbocycles. The largest absolute Gasteiger partial charge is 0.379 e. The molecule has 0 amide bonds. The van der Waals surface area contributed by atoms with Crippen molar-refractivity contribution in [2.75, 3.05) is 46.4 Å². The van der Waals surface area contributed by atoms with Crippen LogP contribution < -0.4 is 5.32 Å². The zero-order valence-corrected chi connectivity index (χ0v) is 9.31. The molecule has 0 unspecified atom stereocenters. The lowest BCUT2D eigenvalue weighted by Gasteiger charge is -2.15. The molecule has 0 radical (unpaired) electrons. The molecule has 0 atom stereocenters. The number of hydrogen-bond acceptors (Lipinski definition) is 3. The minimum atomic E-state index is 0.827. The Hall–Kier alpha value is -0.120. The Balaban J connectivity index is 2.97. The highest BCUT2D eigenvalue weighted by Gasteiger charge is 1.95. The van der Waals surface area contributed by atoms with Crippen LogP contribution in [0.15, 0.2) is 0 Å². The smallest absolute Gasteiger partial charge is 0.0593 e. The van der Waals surface area contributed by atoms with Gasteiger partial charge in [-0.2, -0.15) is 0 Å². The van der Waals surface area contributed by atoms with Crippen LogP contribution in [-0.2, 0) is 4.74 Å². The van der Waals surface area contributed by atoms with Gasteiger partial charge in [-0.3, -0.25) is 0 Å². The van der Waals surface area contributed by atoms with E-state index < -0.39 is 0 Å². The topological polar surface area (TPSA) is 24.5 Å². The third kappa shape index (κ3) is 9.80. The molecule has 0 aromatic heterocycles. The van der Waals surface area contributed by atoms with Crippen molar-refractivity contribution < 1.29 is 4.74 Å². The predicted octanol–water partition coefficient (Wildman–Crippen LogP) is 0.954. The normalized spacial score (nSPS) is 11.1. The molecule has 13 heavy (non-hydrogen) atoms. The van der Waals surface area contributed by atoms with Crippen molar-refractivity contribution in [3.63, 3.8) is 0 Å². The second-order valence-electron chi connectivity index (χ2n) is 3.27. The van der Waals surface area contributed by atoms with E-state index >= 15 is 0 Å². The van der Waals surface area contributed by atoms with Crippen LogP contribution in [0, 0.1) is 0 Å². The molecule has 0 rings (SSSR count). The van der Waals surface area contributed by atoms with Crippen molar-refractivity contribution >= 4 is 0 Å². The number of nitrogens with one attached hydrogen (secondary N) is 1. The highest BCUT2D eigenvalue weighted by molar-refractivity contribution is 4.48. The molecule has 0 aliphatic heterocycles. The molecule has 80 valence electrons. The Morgan fingerprint density at radius 1 is 1.15 bits per heavy atom. The lowest BCUT2D eigenvalue weighted by atomic mass is 10.4. The van der Waals surface area contributed by atoms with Crippen LogP contribution in [-0.4, -0.2) is 51.3 Å². The van der Waals surface area contributed by atoms with Crippen molar-refractivity contribution in [1.29, 1.82) is 0 Å². The van der Waals surface area contributed by atoms with Gasteiger partial charge in [0.25, 0.3) is 0 Å². The van der Waals surface area contributed by atoms with Crippen LogP contribution in [0.25, 0.3) is 0 Å². The summed E-state index contributed by atoms with van der Waals surface area (Å²) < 4.78 is 5.45. The number of likely N-dealkylation sites (N-methyl/N-ethyl adjacent to an activating group) is 2. The van der Waals surface area contributed by atoms with Crippen molar-refractivity contribution in [2.24, 2.45) is 0 Å². The fourth-order valence-electron chi connectivity index (χ4n) is 1.14. The fraction of sp³-hybridized carbons (Fsp3) is 1.00. The summed E-state index contributed by atoms with van der Waals surface area (Å²) >= 11 is 0. The van der Waals surface area contributed by atoms with E-state index in [1.165, 1.54) is 6.42 Å². The Bertz CT molecular complexity index is 98.9. The van der Waals surface area contributed by atoms with Crippen LogP contribution in [0.1, 0.15) is 20.3 Å². The van der Waals surface area contributed by atoms with Crippen molar-refractivity contribution in [1.82, 2.24) is 10.2 Å². The molecule has 0 saturated heterocycles. The SMILES string of the molecule is CCCN(C)CCOCCNCC. The van der Waals surface area contributed by atoms with Gasteiger partial charge in [-0.05, 0) is 26.6 Å². The number of ether oxygens (including phenoxy) is 1. The highest BCUT2D eigenvalue weighted by atomic mass is 16.5. The van der Waals surface area contributed by atoms with Gasteiger partial charge in [0.2, 0.25) is 0 Å². The third-order valence-electron chi connectivity index (χ3n) is 1.90. The fourth-order valence-corrected chi connectivity index (χ4v) is 1.14. The zero-order chi connectivity index (χ0) is 9.94. The Labute approximate surface area is 82.4 Å². The van der Waals surface area contributed by atoms with E-state index in [-0.39, 0.29) is 0 Å². The number of nitrogens with zero attached hydrogens (tertiary/aromatic N) is 1. The maximum atomic E-state index is 5.45. The Kier molecular flexibility index (Phi) is 9.87. The molecule has 0 saturated carbocycles. The molecule has 3 heteroatoms. The summed E-state index contributed by atoms with van der Waals surface area (Å²) in [7, 11) is 2.14. The molecule has 1 N–H and O–H groups in total. The molecule has 0 fully saturated rings. The molecule has 3 nitrogen and oxygen atoms in total. The summed E-state index contributed by atoms with van der Waals surface area (Å²) in [6, 6.07) is 0. The number of rotatable bonds is 9. The molecule has 0 bridgehead atoms. The lowest BCUT2D eigenvalue weighted by Crippen LogP contribution is -2.26. The molecule has 0 aromatic rings.